The van der Waals surface area contributed by atoms with Crippen molar-refractivity contribution >= 4 is 27.8 Å². The molecule has 0 aliphatic heterocycles. The molecule has 3 aliphatic carbocycles. The quantitative estimate of drug-likeness (QED) is 0.353. The monoisotopic (exact) mass is 457 g/mol. The lowest BCUT2D eigenvalue weighted by molar-refractivity contribution is 0.0929. The van der Waals surface area contributed by atoms with E-state index in [-0.39, 0.29) is 11.2 Å². The molecule has 3 fully saturated rings. The normalized spacial score (nSPS) is 24.7. The lowest BCUT2D eigenvalue weighted by atomic mass is 9.62. The zero-order chi connectivity index (χ0) is 23.6. The summed E-state index contributed by atoms with van der Waals surface area (Å²) in [6.07, 6.45) is 8.34. The molecule has 0 saturated heterocycles. The van der Waals surface area contributed by atoms with Gasteiger partial charge in [-0.15, -0.1) is 0 Å². The minimum absolute atomic E-state index is 0.0291. The summed E-state index contributed by atoms with van der Waals surface area (Å²) in [5, 5.41) is 5.64. The van der Waals surface area contributed by atoms with E-state index >= 15 is 0 Å². The average Bonchev–Trinajstić information content (AvgIpc) is 3.23. The molecule has 1 aromatic carbocycles. The van der Waals surface area contributed by atoms with Crippen molar-refractivity contribution in [2.75, 3.05) is 5.32 Å². The van der Waals surface area contributed by atoms with Crippen LogP contribution in [0.1, 0.15) is 58.9 Å². The van der Waals surface area contributed by atoms with E-state index in [0.29, 0.717) is 34.7 Å². The maximum Gasteiger partial charge on any atom is 0.164 e. The second-order valence-corrected chi connectivity index (χ2v) is 11.3. The van der Waals surface area contributed by atoms with Gasteiger partial charge >= 0.3 is 0 Å². The van der Waals surface area contributed by atoms with E-state index in [0.717, 1.165) is 28.2 Å². The number of anilines is 1. The van der Waals surface area contributed by atoms with E-state index in [1.54, 1.807) is 0 Å². The van der Waals surface area contributed by atoms with Crippen LogP contribution >= 0.6 is 0 Å². The number of halogens is 1. The van der Waals surface area contributed by atoms with Crippen LogP contribution in [0.3, 0.4) is 0 Å². The van der Waals surface area contributed by atoms with Gasteiger partial charge in [0, 0.05) is 28.6 Å². The molecule has 3 aliphatic rings. The van der Waals surface area contributed by atoms with Crippen molar-refractivity contribution in [1.82, 2.24) is 19.9 Å². The summed E-state index contributed by atoms with van der Waals surface area (Å²) >= 11 is 0. The lowest BCUT2D eigenvalue weighted by Crippen LogP contribution is -2.47. The molecule has 2 atom stereocenters. The van der Waals surface area contributed by atoms with Crippen LogP contribution in [-0.2, 0) is 5.41 Å². The molecule has 34 heavy (non-hydrogen) atoms. The van der Waals surface area contributed by atoms with Gasteiger partial charge in [-0.25, -0.2) is 19.3 Å². The molecule has 176 valence electrons. The third-order valence-corrected chi connectivity index (χ3v) is 8.24. The Balaban J connectivity index is 1.52. The zero-order valence-corrected chi connectivity index (χ0v) is 20.3. The fourth-order valence-electron chi connectivity index (χ4n) is 6.15. The van der Waals surface area contributed by atoms with E-state index < -0.39 is 0 Å². The molecule has 0 radical (unpaired) electrons. The van der Waals surface area contributed by atoms with Crippen LogP contribution in [0.15, 0.2) is 36.7 Å². The summed E-state index contributed by atoms with van der Waals surface area (Å²) in [5.41, 5.74) is 3.59. The predicted octanol–water partition coefficient (Wildman–Crippen LogP) is 6.85. The highest BCUT2D eigenvalue weighted by molar-refractivity contribution is 5.96. The van der Waals surface area contributed by atoms with Crippen LogP contribution < -0.4 is 5.32 Å². The summed E-state index contributed by atoms with van der Waals surface area (Å²) in [6.45, 7) is 9.08. The number of nitrogens with zero attached hydrogens (tertiary/aromatic N) is 3. The molecule has 3 aromatic heterocycles. The number of hydrogen-bond acceptors (Lipinski definition) is 4. The van der Waals surface area contributed by atoms with Crippen LogP contribution in [0.2, 0.25) is 0 Å². The first-order valence-electron chi connectivity index (χ1n) is 12.5. The Morgan fingerprint density at radius 2 is 1.76 bits per heavy atom. The van der Waals surface area contributed by atoms with Gasteiger partial charge in [0.1, 0.15) is 17.3 Å². The highest BCUT2D eigenvalue weighted by atomic mass is 19.1. The molecule has 3 heterocycles. The molecule has 0 spiro atoms. The number of aromatic nitrogens is 4. The highest BCUT2D eigenvalue weighted by Crippen LogP contribution is 2.46. The number of nitrogens with one attached hydrogen (secondary N) is 2. The van der Waals surface area contributed by atoms with Crippen LogP contribution in [0, 0.1) is 23.6 Å². The van der Waals surface area contributed by atoms with Gasteiger partial charge in [-0.2, -0.15) is 0 Å². The Morgan fingerprint density at radius 3 is 2.50 bits per heavy atom. The van der Waals surface area contributed by atoms with Crippen LogP contribution in [0.5, 0.6) is 0 Å². The maximum atomic E-state index is 14.0. The van der Waals surface area contributed by atoms with E-state index in [4.69, 9.17) is 9.97 Å². The molecule has 2 N–H and O–H groups in total. The van der Waals surface area contributed by atoms with Crippen molar-refractivity contribution in [3.05, 3.63) is 48.0 Å². The number of fused-ring (bicyclic) bond motifs is 5. The minimum atomic E-state index is -0.366. The third kappa shape index (κ3) is 3.55. The van der Waals surface area contributed by atoms with Crippen molar-refractivity contribution in [2.45, 2.75) is 64.8 Å². The van der Waals surface area contributed by atoms with Crippen molar-refractivity contribution in [1.29, 1.82) is 0 Å². The SMILES string of the molecule is CC1C2CCC(CC2)C1Nc1nc(-c2c[nH]c3ncc(F)cc23)nc2ccc(C(C)(C)C)cc12. The van der Waals surface area contributed by atoms with Crippen molar-refractivity contribution in [2.24, 2.45) is 17.8 Å². The maximum absolute atomic E-state index is 14.0. The zero-order valence-electron chi connectivity index (χ0n) is 20.3. The average molecular weight is 458 g/mol. The molecule has 7 rings (SSSR count). The van der Waals surface area contributed by atoms with Gasteiger partial charge in [-0.1, -0.05) is 33.8 Å². The molecule has 4 aromatic rings. The van der Waals surface area contributed by atoms with Gasteiger partial charge < -0.3 is 10.3 Å². The summed E-state index contributed by atoms with van der Waals surface area (Å²) in [4.78, 5) is 17.3. The van der Waals surface area contributed by atoms with Gasteiger partial charge in [0.05, 0.1) is 11.7 Å². The predicted molar refractivity (Wildman–Crippen MR) is 135 cm³/mol. The topological polar surface area (TPSA) is 66.5 Å². The Bertz CT molecular complexity index is 1380. The summed E-state index contributed by atoms with van der Waals surface area (Å²) in [5.74, 6) is 3.21. The Morgan fingerprint density at radius 1 is 1.00 bits per heavy atom. The fraction of sp³-hybridized carbons (Fsp3) is 0.464. The van der Waals surface area contributed by atoms with Gasteiger partial charge in [0.2, 0.25) is 0 Å². The first-order valence-corrected chi connectivity index (χ1v) is 12.5. The van der Waals surface area contributed by atoms with Crippen molar-refractivity contribution < 1.29 is 4.39 Å². The number of H-pyrrole nitrogens is 1. The number of aromatic amines is 1. The van der Waals surface area contributed by atoms with Gasteiger partial charge in [-0.3, -0.25) is 0 Å². The highest BCUT2D eigenvalue weighted by Gasteiger charge is 2.41. The number of hydrogen-bond donors (Lipinski definition) is 2. The Hall–Kier alpha value is -3.02. The van der Waals surface area contributed by atoms with E-state index in [1.807, 2.05) is 6.20 Å². The number of pyridine rings is 1. The van der Waals surface area contributed by atoms with E-state index in [9.17, 15) is 4.39 Å². The first kappa shape index (κ1) is 21.5. The molecule has 0 amide bonds. The standard InChI is InChI=1S/C28H32FN5/c1-15-16-5-7-17(8-6-16)24(15)33-26-21-11-18(28(2,3)4)9-10-23(21)32-27(34-26)22-14-31-25-20(22)12-19(29)13-30-25/h9-17,24H,5-8H2,1-4H3,(H,30,31)(H,32,33,34). The minimum Gasteiger partial charge on any atom is -0.366 e. The molecule has 6 heteroatoms. The summed E-state index contributed by atoms with van der Waals surface area (Å²) in [6, 6.07) is 8.41. The fourth-order valence-corrected chi connectivity index (χ4v) is 6.15. The van der Waals surface area contributed by atoms with Crippen LogP contribution in [0.4, 0.5) is 10.2 Å². The van der Waals surface area contributed by atoms with Crippen LogP contribution in [-0.4, -0.2) is 26.0 Å². The van der Waals surface area contributed by atoms with Crippen molar-refractivity contribution in [3.8, 4) is 11.4 Å². The molecule has 2 bridgehead atoms. The van der Waals surface area contributed by atoms with Gasteiger partial charge in [0.25, 0.3) is 0 Å². The number of benzene rings is 1. The lowest BCUT2D eigenvalue weighted by Gasteiger charge is -2.48. The Kier molecular flexibility index (Phi) is 4.91. The molecule has 5 nitrogen and oxygen atoms in total. The third-order valence-electron chi connectivity index (χ3n) is 8.24. The molecular formula is C28H32FN5. The molecule has 3 saturated carbocycles. The summed E-state index contributed by atoms with van der Waals surface area (Å²) < 4.78 is 14.0. The summed E-state index contributed by atoms with van der Waals surface area (Å²) in [7, 11) is 0. The second kappa shape index (κ2) is 7.76. The smallest absolute Gasteiger partial charge is 0.164 e. The molecule has 2 unspecified atom stereocenters. The van der Waals surface area contributed by atoms with Gasteiger partial charge in [-0.05, 0) is 72.6 Å². The number of rotatable bonds is 3. The van der Waals surface area contributed by atoms with Gasteiger partial charge in [0.15, 0.2) is 5.82 Å². The largest absolute Gasteiger partial charge is 0.366 e. The Labute approximate surface area is 199 Å². The van der Waals surface area contributed by atoms with E-state index in [2.05, 4.69) is 61.2 Å². The van der Waals surface area contributed by atoms with E-state index in [1.165, 1.54) is 43.5 Å². The first-order chi connectivity index (χ1) is 16.3. The molecular weight excluding hydrogens is 425 g/mol. The van der Waals surface area contributed by atoms with Crippen molar-refractivity contribution in [3.63, 3.8) is 0 Å². The second-order valence-electron chi connectivity index (χ2n) is 11.3. The van der Waals surface area contributed by atoms with Crippen LogP contribution in [0.25, 0.3) is 33.3 Å².